The second kappa shape index (κ2) is 4.24. The van der Waals surface area contributed by atoms with Crippen LogP contribution in [0.25, 0.3) is 0 Å². The number of hydrogen-bond acceptors (Lipinski definition) is 3. The van der Waals surface area contributed by atoms with Gasteiger partial charge in [0, 0.05) is 12.6 Å². The highest BCUT2D eigenvalue weighted by Gasteiger charge is 2.27. The van der Waals surface area contributed by atoms with Crippen LogP contribution in [0.3, 0.4) is 0 Å². The molecule has 0 radical (unpaired) electrons. The summed E-state index contributed by atoms with van der Waals surface area (Å²) in [5.74, 6) is -0.172. The Morgan fingerprint density at radius 1 is 1.69 bits per heavy atom. The Morgan fingerprint density at radius 2 is 2.38 bits per heavy atom. The zero-order valence-corrected chi connectivity index (χ0v) is 7.73. The summed E-state index contributed by atoms with van der Waals surface area (Å²) in [7, 11) is 0. The normalized spacial score (nSPS) is 28.2. The van der Waals surface area contributed by atoms with Crippen LogP contribution in [0.4, 0.5) is 0 Å². The first-order valence-corrected chi connectivity index (χ1v) is 4.49. The highest BCUT2D eigenvalue weighted by molar-refractivity contribution is 5.78. The van der Waals surface area contributed by atoms with E-state index in [4.69, 9.17) is 5.26 Å². The molecular weight excluding hydrogens is 168 g/mol. The van der Waals surface area contributed by atoms with E-state index in [1.807, 2.05) is 13.0 Å². The van der Waals surface area contributed by atoms with Crippen molar-refractivity contribution in [2.75, 3.05) is 6.54 Å². The predicted molar refractivity (Wildman–Crippen MR) is 46.6 cm³/mol. The molecule has 0 bridgehead atoms. The number of aliphatic hydroxyl groups excluding tert-OH is 1. The Bertz CT molecular complexity index is 234. The minimum atomic E-state index is -0.418. The number of amides is 1. The fourth-order valence-corrected chi connectivity index (χ4v) is 1.60. The molecule has 0 spiro atoms. The molecule has 1 aliphatic heterocycles. The quantitative estimate of drug-likeness (QED) is 0.633. The second-order valence-corrected chi connectivity index (χ2v) is 3.46. The van der Waals surface area contributed by atoms with Crippen molar-refractivity contribution in [2.45, 2.75) is 38.3 Å². The molecule has 4 nitrogen and oxygen atoms in total. The fourth-order valence-electron chi connectivity index (χ4n) is 1.60. The zero-order valence-electron chi connectivity index (χ0n) is 7.73. The van der Waals surface area contributed by atoms with Gasteiger partial charge in [0.15, 0.2) is 0 Å². The largest absolute Gasteiger partial charge is 0.391 e. The molecule has 2 atom stereocenters. The molecule has 0 aromatic heterocycles. The van der Waals surface area contributed by atoms with E-state index in [2.05, 4.69) is 0 Å². The lowest BCUT2D eigenvalue weighted by molar-refractivity contribution is -0.136. The van der Waals surface area contributed by atoms with Crippen LogP contribution in [0.15, 0.2) is 0 Å². The van der Waals surface area contributed by atoms with E-state index in [0.29, 0.717) is 6.54 Å². The third-order valence-electron chi connectivity index (χ3n) is 2.41. The van der Waals surface area contributed by atoms with Crippen LogP contribution in [0.2, 0.25) is 0 Å². The number of hydrogen-bond donors (Lipinski definition) is 1. The summed E-state index contributed by atoms with van der Waals surface area (Å²) in [6.07, 6.45) is 1.06. The number of aliphatic hydroxyl groups is 1. The lowest BCUT2D eigenvalue weighted by atomic mass is 10.0. The predicted octanol–water partition coefficient (Wildman–Crippen LogP) is 0.272. The Hall–Kier alpha value is -1.08. The van der Waals surface area contributed by atoms with Crippen LogP contribution in [-0.4, -0.2) is 34.6 Å². The first-order valence-electron chi connectivity index (χ1n) is 4.49. The average molecular weight is 182 g/mol. The van der Waals surface area contributed by atoms with Crippen molar-refractivity contribution in [3.05, 3.63) is 0 Å². The van der Waals surface area contributed by atoms with Gasteiger partial charge >= 0.3 is 0 Å². The van der Waals surface area contributed by atoms with Crippen molar-refractivity contribution < 1.29 is 9.90 Å². The molecule has 1 fully saturated rings. The molecule has 0 aromatic carbocycles. The van der Waals surface area contributed by atoms with Gasteiger partial charge in [-0.1, -0.05) is 0 Å². The summed E-state index contributed by atoms with van der Waals surface area (Å²) >= 11 is 0. The molecule has 72 valence electrons. The lowest BCUT2D eigenvalue weighted by Gasteiger charge is -2.35. The molecule has 13 heavy (non-hydrogen) atoms. The van der Waals surface area contributed by atoms with Crippen LogP contribution in [0, 0.1) is 11.3 Å². The summed E-state index contributed by atoms with van der Waals surface area (Å²) in [6, 6.07) is 1.98. The van der Waals surface area contributed by atoms with Crippen LogP contribution in [-0.2, 0) is 4.79 Å². The van der Waals surface area contributed by atoms with E-state index in [1.54, 1.807) is 4.90 Å². The zero-order chi connectivity index (χ0) is 9.84. The Labute approximate surface area is 77.8 Å². The van der Waals surface area contributed by atoms with Gasteiger partial charge in [-0.3, -0.25) is 4.79 Å². The smallest absolute Gasteiger partial charge is 0.237 e. The molecule has 1 N–H and O–H groups in total. The Morgan fingerprint density at radius 3 is 3.00 bits per heavy atom. The maximum Gasteiger partial charge on any atom is 0.237 e. The van der Waals surface area contributed by atoms with E-state index in [0.717, 1.165) is 12.8 Å². The van der Waals surface area contributed by atoms with Gasteiger partial charge in [0.25, 0.3) is 0 Å². The van der Waals surface area contributed by atoms with Crippen LogP contribution in [0.5, 0.6) is 0 Å². The topological polar surface area (TPSA) is 64.3 Å². The molecule has 1 heterocycles. The molecule has 1 amide bonds. The molecule has 0 saturated carbocycles. The van der Waals surface area contributed by atoms with E-state index >= 15 is 0 Å². The van der Waals surface area contributed by atoms with Crippen LogP contribution >= 0.6 is 0 Å². The van der Waals surface area contributed by atoms with Crippen LogP contribution in [0.1, 0.15) is 26.2 Å². The van der Waals surface area contributed by atoms with Gasteiger partial charge in [-0.25, -0.2) is 0 Å². The summed E-state index contributed by atoms with van der Waals surface area (Å²) in [5, 5.41) is 17.7. The number of β-amino-alcohol motifs (C(OH)–C–C–N with tert-alkyl or cyclic N) is 1. The van der Waals surface area contributed by atoms with Gasteiger partial charge < -0.3 is 10.0 Å². The first kappa shape index (κ1) is 10.0. The van der Waals surface area contributed by atoms with Gasteiger partial charge in [0.2, 0.25) is 5.91 Å². The highest BCUT2D eigenvalue weighted by atomic mass is 16.3. The first-order chi connectivity index (χ1) is 6.15. The summed E-state index contributed by atoms with van der Waals surface area (Å²) in [4.78, 5) is 12.9. The van der Waals surface area contributed by atoms with Gasteiger partial charge in [0.05, 0.1) is 12.2 Å². The second-order valence-electron chi connectivity index (χ2n) is 3.46. The number of nitrogens with zero attached hydrogens (tertiary/aromatic N) is 2. The number of likely N-dealkylation sites (tertiary alicyclic amines) is 1. The molecule has 1 saturated heterocycles. The van der Waals surface area contributed by atoms with Gasteiger partial charge in [0.1, 0.15) is 6.42 Å². The maximum atomic E-state index is 11.3. The molecule has 0 aliphatic carbocycles. The van der Waals surface area contributed by atoms with Gasteiger partial charge in [-0.05, 0) is 19.8 Å². The average Bonchev–Trinajstić information content (AvgIpc) is 2.09. The van der Waals surface area contributed by atoms with Crippen molar-refractivity contribution in [1.29, 1.82) is 5.26 Å². The van der Waals surface area contributed by atoms with E-state index in [1.165, 1.54) is 0 Å². The molecule has 4 heteroatoms. The molecule has 0 aromatic rings. The van der Waals surface area contributed by atoms with E-state index < -0.39 is 6.10 Å². The van der Waals surface area contributed by atoms with E-state index in [9.17, 15) is 9.90 Å². The number of rotatable bonds is 1. The Kier molecular flexibility index (Phi) is 3.26. The standard InChI is InChI=1S/C9H14N2O2/c1-7-2-3-8(12)6-11(7)9(13)4-5-10/h7-8,12H,2-4,6H2,1H3. The molecule has 1 aliphatic rings. The maximum absolute atomic E-state index is 11.3. The number of nitriles is 1. The molecule has 1 rings (SSSR count). The minimum Gasteiger partial charge on any atom is -0.391 e. The molecular formula is C9H14N2O2. The van der Waals surface area contributed by atoms with Crippen molar-refractivity contribution in [2.24, 2.45) is 0 Å². The summed E-state index contributed by atoms with van der Waals surface area (Å²) < 4.78 is 0. The third-order valence-corrected chi connectivity index (χ3v) is 2.41. The Balaban J connectivity index is 2.56. The van der Waals surface area contributed by atoms with Gasteiger partial charge in [-0.2, -0.15) is 5.26 Å². The SMILES string of the molecule is CC1CCC(O)CN1C(=O)CC#N. The van der Waals surface area contributed by atoms with Crippen molar-refractivity contribution in [3.8, 4) is 6.07 Å². The monoisotopic (exact) mass is 182 g/mol. The van der Waals surface area contributed by atoms with Crippen molar-refractivity contribution >= 4 is 5.91 Å². The lowest BCUT2D eigenvalue weighted by Crippen LogP contribution is -2.47. The number of carbonyl (C=O) groups excluding carboxylic acids is 1. The summed E-state index contributed by atoms with van der Waals surface area (Å²) in [6.45, 7) is 2.32. The van der Waals surface area contributed by atoms with Crippen molar-refractivity contribution in [1.82, 2.24) is 4.90 Å². The van der Waals surface area contributed by atoms with E-state index in [-0.39, 0.29) is 18.4 Å². The van der Waals surface area contributed by atoms with Gasteiger partial charge in [-0.15, -0.1) is 0 Å². The highest BCUT2D eigenvalue weighted by Crippen LogP contribution is 2.17. The number of piperidine rings is 1. The summed E-state index contributed by atoms with van der Waals surface area (Å²) in [5.41, 5.74) is 0. The molecule has 2 unspecified atom stereocenters. The van der Waals surface area contributed by atoms with Crippen LogP contribution < -0.4 is 0 Å². The fraction of sp³-hybridized carbons (Fsp3) is 0.778. The third kappa shape index (κ3) is 2.43. The number of carbonyl (C=O) groups is 1. The minimum absolute atomic E-state index is 0.0863. The van der Waals surface area contributed by atoms with Crippen molar-refractivity contribution in [3.63, 3.8) is 0 Å².